The summed E-state index contributed by atoms with van der Waals surface area (Å²) >= 11 is 0. The number of rotatable bonds is 4. The lowest BCUT2D eigenvalue weighted by molar-refractivity contribution is -0.123. The lowest BCUT2D eigenvalue weighted by Gasteiger charge is -2.20. The van der Waals surface area contributed by atoms with Gasteiger partial charge in [0.25, 0.3) is 11.8 Å². The molecule has 24 heavy (non-hydrogen) atoms. The zero-order chi connectivity index (χ0) is 17.5. The molecule has 2 aromatic rings. The molecule has 124 valence electrons. The van der Waals surface area contributed by atoms with Crippen molar-refractivity contribution in [3.05, 3.63) is 60.2 Å². The molecule has 0 unspecified atom stereocenters. The van der Waals surface area contributed by atoms with Gasteiger partial charge in [-0.05, 0) is 24.3 Å². The summed E-state index contributed by atoms with van der Waals surface area (Å²) in [5.74, 6) is -2.51. The van der Waals surface area contributed by atoms with Crippen LogP contribution in [-0.4, -0.2) is 29.3 Å². The Labute approximate surface area is 137 Å². The normalized spacial score (nSPS) is 9.92. The molecule has 0 bridgehead atoms. The van der Waals surface area contributed by atoms with Gasteiger partial charge in [0.2, 0.25) is 11.9 Å². The van der Waals surface area contributed by atoms with Crippen molar-refractivity contribution >= 4 is 23.4 Å². The largest absolute Gasteiger partial charge is 0.303 e. The van der Waals surface area contributed by atoms with Crippen LogP contribution < -0.4 is 15.8 Å². The van der Waals surface area contributed by atoms with Crippen molar-refractivity contribution in [2.45, 2.75) is 6.92 Å². The zero-order valence-corrected chi connectivity index (χ0v) is 12.8. The van der Waals surface area contributed by atoms with Crippen LogP contribution in [0.1, 0.15) is 17.4 Å². The molecule has 7 nitrogen and oxygen atoms in total. The maximum Gasteiger partial charge on any atom is 0.288 e. The molecule has 0 radical (unpaired) electrons. The number of halogens is 1. The average molecular weight is 330 g/mol. The molecular formula is C16H15FN4O3. The van der Waals surface area contributed by atoms with Crippen LogP contribution in [0.3, 0.4) is 0 Å². The molecule has 0 saturated carbocycles. The Bertz CT molecular complexity index is 752. The van der Waals surface area contributed by atoms with E-state index in [4.69, 9.17) is 0 Å². The van der Waals surface area contributed by atoms with Crippen LogP contribution in [0.2, 0.25) is 0 Å². The van der Waals surface area contributed by atoms with Gasteiger partial charge in [-0.25, -0.2) is 4.98 Å². The van der Waals surface area contributed by atoms with Gasteiger partial charge in [0, 0.05) is 12.6 Å². The number of benzene rings is 1. The first kappa shape index (κ1) is 17.1. The number of anilines is 1. The highest BCUT2D eigenvalue weighted by Gasteiger charge is 2.16. The molecular weight excluding hydrogens is 315 g/mol. The van der Waals surface area contributed by atoms with Crippen molar-refractivity contribution in [2.24, 2.45) is 0 Å². The third kappa shape index (κ3) is 4.60. The van der Waals surface area contributed by atoms with E-state index in [1.165, 1.54) is 24.0 Å². The predicted octanol–water partition coefficient (Wildman–Crippen LogP) is 1.03. The Balaban J connectivity index is 1.94. The number of carbonyl (C=O) groups is 3. The van der Waals surface area contributed by atoms with Crippen LogP contribution in [0.15, 0.2) is 48.5 Å². The average Bonchev–Trinajstić information content (AvgIpc) is 2.58. The van der Waals surface area contributed by atoms with Crippen molar-refractivity contribution in [3.63, 3.8) is 0 Å². The second-order valence-electron chi connectivity index (χ2n) is 4.79. The van der Waals surface area contributed by atoms with Crippen molar-refractivity contribution in [1.29, 1.82) is 0 Å². The number of amides is 3. The van der Waals surface area contributed by atoms with Crippen molar-refractivity contribution in [2.75, 3.05) is 11.4 Å². The van der Waals surface area contributed by atoms with Gasteiger partial charge in [0.15, 0.2) is 0 Å². The third-order valence-electron chi connectivity index (χ3n) is 3.01. The maximum absolute atomic E-state index is 13.0. The first-order valence-electron chi connectivity index (χ1n) is 7.02. The third-order valence-corrected chi connectivity index (χ3v) is 3.01. The molecule has 2 N–H and O–H groups in total. The van der Waals surface area contributed by atoms with Crippen LogP contribution in [0.4, 0.5) is 10.1 Å². The number of hydrogen-bond donors (Lipinski definition) is 2. The summed E-state index contributed by atoms with van der Waals surface area (Å²) in [6.45, 7) is 1.05. The topological polar surface area (TPSA) is 91.4 Å². The van der Waals surface area contributed by atoms with E-state index >= 15 is 0 Å². The minimum absolute atomic E-state index is 0.179. The summed E-state index contributed by atoms with van der Waals surface area (Å²) in [6.07, 6.45) is 0. The molecule has 0 atom stereocenters. The number of hydrogen-bond acceptors (Lipinski definition) is 4. The smallest absolute Gasteiger partial charge is 0.288 e. The van der Waals surface area contributed by atoms with Crippen molar-refractivity contribution < 1.29 is 18.8 Å². The summed E-state index contributed by atoms with van der Waals surface area (Å²) in [6, 6.07) is 12.4. The van der Waals surface area contributed by atoms with Crippen LogP contribution in [0.25, 0.3) is 0 Å². The summed E-state index contributed by atoms with van der Waals surface area (Å²) in [4.78, 5) is 40.0. The number of carbonyl (C=O) groups excluding carboxylic acids is 3. The quantitative estimate of drug-likeness (QED) is 0.647. The highest BCUT2D eigenvalue weighted by molar-refractivity contribution is 5.98. The van der Waals surface area contributed by atoms with E-state index in [2.05, 4.69) is 15.8 Å². The van der Waals surface area contributed by atoms with E-state index in [9.17, 15) is 18.8 Å². The van der Waals surface area contributed by atoms with E-state index < -0.39 is 17.8 Å². The molecule has 2 rings (SSSR count). The van der Waals surface area contributed by atoms with Crippen molar-refractivity contribution in [1.82, 2.24) is 15.8 Å². The molecule has 1 aromatic carbocycles. The first-order chi connectivity index (χ1) is 11.5. The monoisotopic (exact) mass is 330 g/mol. The van der Waals surface area contributed by atoms with E-state index in [0.29, 0.717) is 5.69 Å². The number of para-hydroxylation sites is 1. The predicted molar refractivity (Wildman–Crippen MR) is 84.3 cm³/mol. The fraction of sp³-hybridized carbons (Fsp3) is 0.125. The molecule has 0 aliphatic heterocycles. The minimum atomic E-state index is -0.805. The number of aromatic nitrogens is 1. The second-order valence-corrected chi connectivity index (χ2v) is 4.79. The summed E-state index contributed by atoms with van der Waals surface area (Å²) in [5, 5.41) is 0. The van der Waals surface area contributed by atoms with E-state index in [-0.39, 0.29) is 18.1 Å². The molecule has 3 amide bonds. The molecule has 0 aliphatic rings. The lowest BCUT2D eigenvalue weighted by atomic mass is 10.3. The Kier molecular flexibility index (Phi) is 5.56. The van der Waals surface area contributed by atoms with E-state index in [1.54, 1.807) is 30.3 Å². The summed E-state index contributed by atoms with van der Waals surface area (Å²) in [7, 11) is 0. The maximum atomic E-state index is 13.0. The SMILES string of the molecule is CC(=O)N(CC(=O)NNC(=O)c1cccc(F)n1)c1ccccc1. The Hall–Kier alpha value is -3.29. The van der Waals surface area contributed by atoms with Crippen LogP contribution in [-0.2, 0) is 9.59 Å². The fourth-order valence-corrected chi connectivity index (χ4v) is 1.90. The Morgan fingerprint density at radius 1 is 1.04 bits per heavy atom. The molecule has 0 spiro atoms. The highest BCUT2D eigenvalue weighted by atomic mass is 19.1. The number of hydrazine groups is 1. The Morgan fingerprint density at radius 3 is 2.38 bits per heavy atom. The minimum Gasteiger partial charge on any atom is -0.303 e. The van der Waals surface area contributed by atoms with Gasteiger partial charge in [-0.3, -0.25) is 25.2 Å². The molecule has 0 saturated heterocycles. The number of pyridine rings is 1. The zero-order valence-electron chi connectivity index (χ0n) is 12.8. The molecule has 0 fully saturated rings. The molecule has 0 aliphatic carbocycles. The highest BCUT2D eigenvalue weighted by Crippen LogP contribution is 2.12. The lowest BCUT2D eigenvalue weighted by Crippen LogP contribution is -2.47. The van der Waals surface area contributed by atoms with Gasteiger partial charge in [0.05, 0.1) is 0 Å². The Morgan fingerprint density at radius 2 is 1.75 bits per heavy atom. The van der Waals surface area contributed by atoms with Crippen LogP contribution >= 0.6 is 0 Å². The molecule has 1 heterocycles. The van der Waals surface area contributed by atoms with Gasteiger partial charge < -0.3 is 4.90 Å². The standard InChI is InChI=1S/C16H15FN4O3/c1-11(22)21(12-6-3-2-4-7-12)10-15(23)19-20-16(24)13-8-5-9-14(17)18-13/h2-9H,10H2,1H3,(H,19,23)(H,20,24). The van der Waals surface area contributed by atoms with Crippen molar-refractivity contribution in [3.8, 4) is 0 Å². The van der Waals surface area contributed by atoms with Gasteiger partial charge >= 0.3 is 0 Å². The summed E-state index contributed by atoms with van der Waals surface area (Å²) < 4.78 is 13.0. The molecule has 1 aromatic heterocycles. The van der Waals surface area contributed by atoms with E-state index in [0.717, 1.165) is 6.07 Å². The van der Waals surface area contributed by atoms with Crippen LogP contribution in [0, 0.1) is 5.95 Å². The second kappa shape index (κ2) is 7.82. The number of nitrogens with one attached hydrogen (secondary N) is 2. The van der Waals surface area contributed by atoms with Crippen LogP contribution in [0.5, 0.6) is 0 Å². The van der Waals surface area contributed by atoms with Gasteiger partial charge in [-0.2, -0.15) is 4.39 Å². The first-order valence-corrected chi connectivity index (χ1v) is 7.02. The molecule has 8 heteroatoms. The number of nitrogens with zero attached hydrogens (tertiary/aromatic N) is 2. The fourth-order valence-electron chi connectivity index (χ4n) is 1.90. The van der Waals surface area contributed by atoms with Gasteiger partial charge in [0.1, 0.15) is 12.2 Å². The van der Waals surface area contributed by atoms with Gasteiger partial charge in [-0.1, -0.05) is 24.3 Å². The van der Waals surface area contributed by atoms with Gasteiger partial charge in [-0.15, -0.1) is 0 Å². The summed E-state index contributed by atoms with van der Waals surface area (Å²) in [5.41, 5.74) is 4.65. The van der Waals surface area contributed by atoms with E-state index in [1.807, 2.05) is 0 Å².